The number of hydrogen-bond donors (Lipinski definition) is 2. The molecule has 1 fully saturated rings. The molecule has 0 spiro atoms. The number of carboxylic acids is 1. The van der Waals surface area contributed by atoms with E-state index in [0.29, 0.717) is 6.42 Å². The second-order valence-electron chi connectivity index (χ2n) is 6.79. The first-order valence-corrected chi connectivity index (χ1v) is 8.68. The molecule has 0 radical (unpaired) electrons. The van der Waals surface area contributed by atoms with Crippen LogP contribution in [0, 0.1) is 0 Å². The van der Waals surface area contributed by atoms with Crippen LogP contribution in [0.15, 0.2) is 0 Å². The molecule has 1 rings (SSSR count). The van der Waals surface area contributed by atoms with Gasteiger partial charge in [-0.15, -0.1) is 0 Å². The summed E-state index contributed by atoms with van der Waals surface area (Å²) in [5.74, 6) is -0.725. The molecular formula is C17H34N2O2. The number of carbonyl (C=O) groups is 1. The van der Waals surface area contributed by atoms with Crippen molar-refractivity contribution in [2.45, 2.75) is 83.2 Å². The Morgan fingerprint density at radius 2 is 1.95 bits per heavy atom. The van der Waals surface area contributed by atoms with E-state index in [1.807, 2.05) is 6.92 Å². The zero-order valence-corrected chi connectivity index (χ0v) is 14.2. The normalized spacial score (nSPS) is 19.6. The number of nitrogens with one attached hydrogen (secondary N) is 1. The third kappa shape index (κ3) is 6.35. The van der Waals surface area contributed by atoms with Crippen LogP contribution in [0.2, 0.25) is 0 Å². The minimum Gasteiger partial charge on any atom is -0.480 e. The van der Waals surface area contributed by atoms with Crippen LogP contribution in [-0.2, 0) is 4.79 Å². The molecule has 0 amide bonds. The number of aliphatic carboxylic acids is 1. The number of unbranched alkanes of at least 4 members (excludes halogenated alkanes) is 1. The van der Waals surface area contributed by atoms with E-state index >= 15 is 0 Å². The molecule has 2 N–H and O–H groups in total. The third-order valence-corrected chi connectivity index (χ3v) is 4.87. The quantitative estimate of drug-likeness (QED) is 0.608. The first-order valence-electron chi connectivity index (χ1n) is 8.68. The summed E-state index contributed by atoms with van der Waals surface area (Å²) in [6.07, 6.45) is 10.5. The molecule has 1 aliphatic rings. The zero-order valence-electron chi connectivity index (χ0n) is 14.2. The summed E-state index contributed by atoms with van der Waals surface area (Å²) in [6.45, 7) is 5.74. The standard InChI is InChI=1S/C17H34N2O2/c1-4-13-18-17(2,16(20)21)12-8-9-14-19(3)15-10-6-5-7-11-15/h15,18H,4-14H2,1-3H3,(H,20,21). The fourth-order valence-corrected chi connectivity index (χ4v) is 3.22. The number of hydrogen-bond acceptors (Lipinski definition) is 3. The molecule has 0 bridgehead atoms. The highest BCUT2D eigenvalue weighted by Gasteiger charge is 2.31. The summed E-state index contributed by atoms with van der Waals surface area (Å²) >= 11 is 0. The lowest BCUT2D eigenvalue weighted by Gasteiger charge is -2.31. The molecule has 4 heteroatoms. The second-order valence-corrected chi connectivity index (χ2v) is 6.79. The second kappa shape index (κ2) is 9.42. The summed E-state index contributed by atoms with van der Waals surface area (Å²) in [5.41, 5.74) is -0.764. The van der Waals surface area contributed by atoms with E-state index in [4.69, 9.17) is 0 Å². The van der Waals surface area contributed by atoms with Gasteiger partial charge in [0.15, 0.2) is 0 Å². The van der Waals surface area contributed by atoms with Crippen LogP contribution < -0.4 is 5.32 Å². The predicted octanol–water partition coefficient (Wildman–Crippen LogP) is 3.26. The van der Waals surface area contributed by atoms with E-state index in [1.54, 1.807) is 0 Å². The van der Waals surface area contributed by atoms with Gasteiger partial charge in [0.25, 0.3) is 0 Å². The van der Waals surface area contributed by atoms with Gasteiger partial charge in [-0.05, 0) is 65.6 Å². The minimum absolute atomic E-state index is 0.709. The molecule has 0 saturated heterocycles. The van der Waals surface area contributed by atoms with Crippen molar-refractivity contribution in [2.75, 3.05) is 20.1 Å². The monoisotopic (exact) mass is 298 g/mol. The van der Waals surface area contributed by atoms with Crippen molar-refractivity contribution >= 4 is 5.97 Å². The Hall–Kier alpha value is -0.610. The first-order chi connectivity index (χ1) is 9.99. The minimum atomic E-state index is -0.764. The topological polar surface area (TPSA) is 52.6 Å². The average molecular weight is 298 g/mol. The molecule has 124 valence electrons. The van der Waals surface area contributed by atoms with Crippen molar-refractivity contribution in [3.05, 3.63) is 0 Å². The van der Waals surface area contributed by atoms with Crippen molar-refractivity contribution in [2.24, 2.45) is 0 Å². The molecule has 1 saturated carbocycles. The molecule has 0 aliphatic heterocycles. The summed E-state index contributed by atoms with van der Waals surface area (Å²) in [7, 11) is 2.22. The first kappa shape index (κ1) is 18.4. The molecule has 4 nitrogen and oxygen atoms in total. The van der Waals surface area contributed by atoms with Crippen molar-refractivity contribution in [3.8, 4) is 0 Å². The Bertz CT molecular complexity index is 303. The van der Waals surface area contributed by atoms with Gasteiger partial charge in [0, 0.05) is 6.04 Å². The Kier molecular flexibility index (Phi) is 8.27. The van der Waals surface area contributed by atoms with Crippen LogP contribution in [0.25, 0.3) is 0 Å². The molecule has 0 aromatic carbocycles. The van der Waals surface area contributed by atoms with Gasteiger partial charge in [-0.1, -0.05) is 26.2 Å². The van der Waals surface area contributed by atoms with E-state index in [2.05, 4.69) is 24.2 Å². The van der Waals surface area contributed by atoms with E-state index in [9.17, 15) is 9.90 Å². The Balaban J connectivity index is 2.25. The summed E-state index contributed by atoms with van der Waals surface area (Å²) in [6, 6.07) is 0.753. The Morgan fingerprint density at radius 1 is 1.29 bits per heavy atom. The van der Waals surface area contributed by atoms with E-state index in [1.165, 1.54) is 32.1 Å². The number of rotatable bonds is 10. The van der Waals surface area contributed by atoms with E-state index in [0.717, 1.165) is 38.4 Å². The highest BCUT2D eigenvalue weighted by Crippen LogP contribution is 2.22. The molecule has 1 atom stereocenters. The van der Waals surface area contributed by atoms with Crippen LogP contribution >= 0.6 is 0 Å². The van der Waals surface area contributed by atoms with Gasteiger partial charge < -0.3 is 15.3 Å². The van der Waals surface area contributed by atoms with Crippen molar-refractivity contribution in [3.63, 3.8) is 0 Å². The maximum Gasteiger partial charge on any atom is 0.323 e. The van der Waals surface area contributed by atoms with Gasteiger partial charge >= 0.3 is 5.97 Å². The van der Waals surface area contributed by atoms with Crippen LogP contribution in [-0.4, -0.2) is 47.7 Å². The fraction of sp³-hybridized carbons (Fsp3) is 0.941. The van der Waals surface area contributed by atoms with Gasteiger partial charge in [0.2, 0.25) is 0 Å². The highest BCUT2D eigenvalue weighted by atomic mass is 16.4. The maximum atomic E-state index is 11.4. The van der Waals surface area contributed by atoms with Crippen LogP contribution in [0.1, 0.15) is 71.6 Å². The molecule has 1 unspecified atom stereocenters. The van der Waals surface area contributed by atoms with Crippen molar-refractivity contribution in [1.29, 1.82) is 0 Å². The Morgan fingerprint density at radius 3 is 2.52 bits per heavy atom. The number of carboxylic acid groups (broad SMARTS) is 1. The molecule has 0 aromatic rings. The summed E-state index contributed by atoms with van der Waals surface area (Å²) in [5, 5.41) is 12.6. The predicted molar refractivity (Wildman–Crippen MR) is 87.7 cm³/mol. The fourth-order valence-electron chi connectivity index (χ4n) is 3.22. The Labute approximate surface area is 130 Å². The van der Waals surface area contributed by atoms with E-state index in [-0.39, 0.29) is 0 Å². The van der Waals surface area contributed by atoms with Crippen LogP contribution in [0.4, 0.5) is 0 Å². The van der Waals surface area contributed by atoms with Gasteiger partial charge in [-0.3, -0.25) is 4.79 Å². The summed E-state index contributed by atoms with van der Waals surface area (Å²) < 4.78 is 0. The summed E-state index contributed by atoms with van der Waals surface area (Å²) in [4.78, 5) is 13.9. The lowest BCUT2D eigenvalue weighted by atomic mass is 9.93. The van der Waals surface area contributed by atoms with E-state index < -0.39 is 11.5 Å². The highest BCUT2D eigenvalue weighted by molar-refractivity contribution is 5.78. The van der Waals surface area contributed by atoms with Crippen molar-refractivity contribution in [1.82, 2.24) is 10.2 Å². The molecule has 0 heterocycles. The maximum absolute atomic E-state index is 11.4. The molecule has 1 aliphatic carbocycles. The molecule has 0 aromatic heterocycles. The van der Waals surface area contributed by atoms with Gasteiger partial charge in [0.05, 0.1) is 0 Å². The van der Waals surface area contributed by atoms with Gasteiger partial charge in [0.1, 0.15) is 5.54 Å². The third-order valence-electron chi connectivity index (χ3n) is 4.87. The van der Waals surface area contributed by atoms with Gasteiger partial charge in [-0.25, -0.2) is 0 Å². The average Bonchev–Trinajstić information content (AvgIpc) is 2.50. The largest absolute Gasteiger partial charge is 0.480 e. The van der Waals surface area contributed by atoms with Crippen LogP contribution in [0.3, 0.4) is 0 Å². The zero-order chi connectivity index (χ0) is 15.7. The molecular weight excluding hydrogens is 264 g/mol. The lowest BCUT2D eigenvalue weighted by Crippen LogP contribution is -2.49. The lowest BCUT2D eigenvalue weighted by molar-refractivity contribution is -0.144. The van der Waals surface area contributed by atoms with Gasteiger partial charge in [-0.2, -0.15) is 0 Å². The van der Waals surface area contributed by atoms with Crippen LogP contribution in [0.5, 0.6) is 0 Å². The number of nitrogens with zero attached hydrogens (tertiary/aromatic N) is 1. The molecule has 21 heavy (non-hydrogen) atoms. The van der Waals surface area contributed by atoms with Crippen molar-refractivity contribution < 1.29 is 9.90 Å². The SMILES string of the molecule is CCCNC(C)(CCCCN(C)C1CCCCC1)C(=O)O. The smallest absolute Gasteiger partial charge is 0.323 e.